The Morgan fingerprint density at radius 1 is 1.14 bits per heavy atom. The number of aliphatic hydroxyl groups is 1. The van der Waals surface area contributed by atoms with Crippen LogP contribution < -0.4 is 5.73 Å². The van der Waals surface area contributed by atoms with E-state index in [2.05, 4.69) is 96.4 Å². The van der Waals surface area contributed by atoms with Crippen molar-refractivity contribution in [3.05, 3.63) is 25.9 Å². The summed E-state index contributed by atoms with van der Waals surface area (Å²) in [4.78, 5) is 0. The molecule has 14 heavy (non-hydrogen) atoms. The quantitative estimate of drug-likeness (QED) is 0.386. The Hall–Kier alpha value is 2.06. The molecule has 2 nitrogen and oxygen atoms in total. The molecule has 1 aromatic carbocycles. The zero-order valence-electron chi connectivity index (χ0n) is 6.90. The fourth-order valence-corrected chi connectivity index (χ4v) is 4.89. The van der Waals surface area contributed by atoms with Crippen molar-refractivity contribution in [3.8, 4) is 0 Å². The minimum Gasteiger partial charge on any atom is -0.387 e. The van der Waals surface area contributed by atoms with Crippen molar-refractivity contribution in [1.29, 1.82) is 0 Å². The first-order valence-electron chi connectivity index (χ1n) is 3.70. The van der Waals surface area contributed by atoms with Gasteiger partial charge in [0.15, 0.2) is 0 Å². The van der Waals surface area contributed by atoms with Crippen LogP contribution in [-0.2, 0) is 0 Å². The Morgan fingerprint density at radius 2 is 1.57 bits per heavy atom. The maximum atomic E-state index is 9.80. The van der Waals surface area contributed by atoms with Gasteiger partial charge in [-0.1, -0.05) is 0 Å². The Balaban J connectivity index is 3.39. The van der Waals surface area contributed by atoms with E-state index in [1.54, 1.807) is 0 Å². The number of hydrogen-bond donors (Lipinski definition) is 2. The summed E-state index contributed by atoms with van der Waals surface area (Å²) in [5.41, 5.74) is 6.44. The average molecular weight is 641 g/mol. The third kappa shape index (κ3) is 3.05. The van der Waals surface area contributed by atoms with E-state index in [0.29, 0.717) is 0 Å². The van der Waals surface area contributed by atoms with Gasteiger partial charge in [0.1, 0.15) is 0 Å². The summed E-state index contributed by atoms with van der Waals surface area (Å²) >= 11 is 9.06. The average Bonchev–Trinajstić information content (AvgIpc) is 2.15. The van der Waals surface area contributed by atoms with E-state index < -0.39 is 6.10 Å². The SMILES string of the molecule is NCC(O)c1c(I)c(I)cc(I)c1I. The number of hydrogen-bond acceptors (Lipinski definition) is 2. The molecule has 1 unspecified atom stereocenters. The van der Waals surface area contributed by atoms with Gasteiger partial charge in [0.05, 0.1) is 6.10 Å². The molecule has 0 radical (unpaired) electrons. The third-order valence-electron chi connectivity index (χ3n) is 1.70. The normalized spacial score (nSPS) is 13.0. The van der Waals surface area contributed by atoms with E-state index in [1.165, 1.54) is 0 Å². The lowest BCUT2D eigenvalue weighted by Crippen LogP contribution is -2.15. The highest BCUT2D eigenvalue weighted by Crippen LogP contribution is 2.32. The first-order chi connectivity index (χ1) is 6.49. The van der Waals surface area contributed by atoms with Crippen LogP contribution in [0.1, 0.15) is 11.7 Å². The fraction of sp³-hybridized carbons (Fsp3) is 0.250. The smallest absolute Gasteiger partial charge is 0.0933 e. The molecule has 6 heteroatoms. The molecule has 1 atom stereocenters. The van der Waals surface area contributed by atoms with Crippen LogP contribution in [0.25, 0.3) is 0 Å². The number of nitrogens with two attached hydrogens (primary N) is 1. The van der Waals surface area contributed by atoms with Crippen molar-refractivity contribution < 1.29 is 5.11 Å². The van der Waals surface area contributed by atoms with Gasteiger partial charge in [-0.25, -0.2) is 0 Å². The first kappa shape index (κ1) is 14.1. The van der Waals surface area contributed by atoms with E-state index in [9.17, 15) is 5.11 Å². The molecular weight excluding hydrogens is 634 g/mol. The van der Waals surface area contributed by atoms with E-state index in [4.69, 9.17) is 5.73 Å². The molecule has 1 rings (SSSR count). The van der Waals surface area contributed by atoms with Crippen LogP contribution in [0.3, 0.4) is 0 Å². The highest BCUT2D eigenvalue weighted by Gasteiger charge is 2.17. The standard InChI is InChI=1S/C8H7I4NO/c9-3-1-4(10)8(12)6(7(3)11)5(14)2-13/h1,5,14H,2,13H2. The maximum absolute atomic E-state index is 9.80. The van der Waals surface area contributed by atoms with Crippen molar-refractivity contribution in [2.45, 2.75) is 6.10 Å². The van der Waals surface area contributed by atoms with Gasteiger partial charge in [0.2, 0.25) is 0 Å². The van der Waals surface area contributed by atoms with E-state index in [1.807, 2.05) is 0 Å². The minimum absolute atomic E-state index is 0.266. The number of rotatable bonds is 2. The van der Waals surface area contributed by atoms with Gasteiger partial charge in [-0.15, -0.1) is 0 Å². The number of halogens is 4. The Bertz CT molecular complexity index is 329. The maximum Gasteiger partial charge on any atom is 0.0933 e. The van der Waals surface area contributed by atoms with E-state index >= 15 is 0 Å². The molecule has 0 heterocycles. The summed E-state index contributed by atoms with van der Waals surface area (Å²) in [6.45, 7) is 0.266. The van der Waals surface area contributed by atoms with Crippen molar-refractivity contribution in [3.63, 3.8) is 0 Å². The van der Waals surface area contributed by atoms with Crippen LogP contribution in [0.4, 0.5) is 0 Å². The second kappa shape index (κ2) is 6.12. The zero-order valence-corrected chi connectivity index (χ0v) is 15.5. The predicted molar refractivity (Wildman–Crippen MR) is 91.3 cm³/mol. The molecule has 0 aromatic heterocycles. The summed E-state index contributed by atoms with van der Waals surface area (Å²) in [5.74, 6) is 0. The van der Waals surface area contributed by atoms with Gasteiger partial charge in [0.25, 0.3) is 0 Å². The van der Waals surface area contributed by atoms with Gasteiger partial charge in [-0.05, 0) is 96.4 Å². The van der Waals surface area contributed by atoms with Crippen LogP contribution in [0.5, 0.6) is 0 Å². The first-order valence-corrected chi connectivity index (χ1v) is 8.01. The second-order valence-electron chi connectivity index (χ2n) is 2.63. The summed E-state index contributed by atoms with van der Waals surface area (Å²) in [6.07, 6.45) is -0.558. The van der Waals surface area contributed by atoms with Crippen molar-refractivity contribution in [2.75, 3.05) is 6.54 Å². The molecule has 0 spiro atoms. The van der Waals surface area contributed by atoms with Gasteiger partial charge in [-0.2, -0.15) is 0 Å². The minimum atomic E-state index is -0.558. The van der Waals surface area contributed by atoms with Gasteiger partial charge in [0, 0.05) is 26.4 Å². The molecular formula is C8H7I4NO. The molecule has 0 amide bonds. The van der Waals surface area contributed by atoms with Crippen molar-refractivity contribution >= 4 is 90.4 Å². The molecule has 0 aliphatic rings. The Kier molecular flexibility index (Phi) is 6.17. The van der Waals surface area contributed by atoms with Gasteiger partial charge >= 0.3 is 0 Å². The highest BCUT2D eigenvalue weighted by atomic mass is 127. The highest BCUT2D eigenvalue weighted by molar-refractivity contribution is 14.1. The molecule has 0 aliphatic carbocycles. The third-order valence-corrected chi connectivity index (χ3v) is 7.79. The summed E-state index contributed by atoms with van der Waals surface area (Å²) in [6, 6.07) is 2.11. The van der Waals surface area contributed by atoms with Crippen LogP contribution >= 0.6 is 90.4 Å². The Labute approximate surface area is 137 Å². The van der Waals surface area contributed by atoms with Crippen molar-refractivity contribution in [2.24, 2.45) is 5.73 Å². The summed E-state index contributed by atoms with van der Waals surface area (Å²) < 4.78 is 4.53. The summed E-state index contributed by atoms with van der Waals surface area (Å²) in [7, 11) is 0. The van der Waals surface area contributed by atoms with Crippen molar-refractivity contribution in [1.82, 2.24) is 0 Å². The lowest BCUT2D eigenvalue weighted by Gasteiger charge is -2.15. The lowest BCUT2D eigenvalue weighted by atomic mass is 10.1. The Morgan fingerprint density at radius 3 is 1.93 bits per heavy atom. The monoisotopic (exact) mass is 641 g/mol. The second-order valence-corrected chi connectivity index (χ2v) is 7.12. The van der Waals surface area contributed by atoms with Gasteiger partial charge in [-0.3, -0.25) is 0 Å². The largest absolute Gasteiger partial charge is 0.387 e. The van der Waals surface area contributed by atoms with Gasteiger partial charge < -0.3 is 10.8 Å². The molecule has 0 saturated carbocycles. The predicted octanol–water partition coefficient (Wildman–Crippen LogP) is 3.10. The van der Waals surface area contributed by atoms with Crippen LogP contribution in [0.15, 0.2) is 6.07 Å². The molecule has 1 aromatic rings. The van der Waals surface area contributed by atoms with Crippen LogP contribution in [-0.4, -0.2) is 11.7 Å². The van der Waals surface area contributed by atoms with E-state index in [0.717, 1.165) is 19.8 Å². The fourth-order valence-electron chi connectivity index (χ4n) is 1.00. The summed E-state index contributed by atoms with van der Waals surface area (Å²) in [5, 5.41) is 9.80. The molecule has 0 saturated heterocycles. The zero-order chi connectivity index (χ0) is 10.9. The molecule has 78 valence electrons. The van der Waals surface area contributed by atoms with Crippen LogP contribution in [0, 0.1) is 14.3 Å². The van der Waals surface area contributed by atoms with Crippen LogP contribution in [0.2, 0.25) is 0 Å². The topological polar surface area (TPSA) is 46.2 Å². The lowest BCUT2D eigenvalue weighted by molar-refractivity contribution is 0.185. The molecule has 3 N–H and O–H groups in total. The molecule has 0 fully saturated rings. The molecule has 0 bridgehead atoms. The number of benzene rings is 1. The van der Waals surface area contributed by atoms with E-state index in [-0.39, 0.29) is 6.54 Å². The number of aliphatic hydroxyl groups excluding tert-OH is 1. The molecule has 0 aliphatic heterocycles.